The summed E-state index contributed by atoms with van der Waals surface area (Å²) in [4.78, 5) is 23.3. The van der Waals surface area contributed by atoms with Crippen LogP contribution in [-0.2, 0) is 4.79 Å². The molecule has 6 N–H and O–H groups in total. The number of primary amides is 1. The minimum atomic E-state index is -0.698. The molecule has 7 nitrogen and oxygen atoms in total. The molecule has 2 aromatic rings. The predicted octanol–water partition coefficient (Wildman–Crippen LogP) is 1.80. The van der Waals surface area contributed by atoms with Gasteiger partial charge in [0.15, 0.2) is 5.11 Å². The lowest BCUT2D eigenvalue weighted by Gasteiger charge is -2.18. The molecular weight excluding hydrogens is 338 g/mol. The highest BCUT2D eigenvalue weighted by atomic mass is 32.1. The van der Waals surface area contributed by atoms with Gasteiger partial charge in [0.2, 0.25) is 5.91 Å². The smallest absolute Gasteiger partial charge is 0.312 e. The van der Waals surface area contributed by atoms with Gasteiger partial charge in [-0.1, -0.05) is 48.5 Å². The van der Waals surface area contributed by atoms with Gasteiger partial charge < -0.3 is 16.4 Å². The molecule has 2 aromatic carbocycles. The lowest BCUT2D eigenvalue weighted by Crippen LogP contribution is -2.45. The number of nitrogens with one attached hydrogen (secondary N) is 4. The molecule has 0 saturated carbocycles. The van der Waals surface area contributed by atoms with Crippen molar-refractivity contribution in [1.29, 1.82) is 0 Å². The summed E-state index contributed by atoms with van der Waals surface area (Å²) in [6, 6.07) is 17.2. The van der Waals surface area contributed by atoms with E-state index in [2.05, 4.69) is 21.5 Å². The number of thiocarbonyl (C=S) groups is 1. The largest absolute Gasteiger partial charge is 0.352 e. The van der Waals surface area contributed by atoms with Crippen molar-refractivity contribution in [2.24, 2.45) is 5.73 Å². The maximum absolute atomic E-state index is 12.1. The number of para-hydroxylation sites is 1. The number of benzene rings is 2. The van der Waals surface area contributed by atoms with Crippen molar-refractivity contribution in [2.75, 3.05) is 5.32 Å². The van der Waals surface area contributed by atoms with E-state index in [1.165, 1.54) is 0 Å². The monoisotopic (exact) mass is 357 g/mol. The van der Waals surface area contributed by atoms with Gasteiger partial charge in [-0.15, -0.1) is 0 Å². The van der Waals surface area contributed by atoms with Gasteiger partial charge in [-0.05, 0) is 29.9 Å². The Bertz CT molecular complexity index is 724. The zero-order valence-corrected chi connectivity index (χ0v) is 14.2. The molecule has 2 rings (SSSR count). The van der Waals surface area contributed by atoms with Gasteiger partial charge in [-0.2, -0.15) is 0 Å². The zero-order chi connectivity index (χ0) is 18.1. The zero-order valence-electron chi connectivity index (χ0n) is 13.4. The standard InChI is InChI=1S/C17H19N5O2S/c18-16(24)20-14(12-7-3-1-4-8-12)11-15(23)21-22-17(25)19-13-9-5-2-6-10-13/h1-10,14H,11H2,(H,21,23)(H3,18,20,24)(H2,19,22,25). The predicted molar refractivity (Wildman–Crippen MR) is 100 cm³/mol. The Morgan fingerprint density at radius 2 is 1.56 bits per heavy atom. The van der Waals surface area contributed by atoms with Crippen LogP contribution in [0.5, 0.6) is 0 Å². The Balaban J connectivity index is 1.86. The first-order chi connectivity index (χ1) is 12.0. The number of carbonyl (C=O) groups excluding carboxylic acids is 2. The van der Waals surface area contributed by atoms with Crippen LogP contribution in [0.1, 0.15) is 18.0 Å². The van der Waals surface area contributed by atoms with Gasteiger partial charge in [0.1, 0.15) is 0 Å². The van der Waals surface area contributed by atoms with Crippen LogP contribution >= 0.6 is 12.2 Å². The van der Waals surface area contributed by atoms with E-state index in [1.807, 2.05) is 60.7 Å². The summed E-state index contributed by atoms with van der Waals surface area (Å²) in [5.74, 6) is -0.347. The Labute approximate surface area is 151 Å². The molecule has 0 spiro atoms. The number of hydrogen-bond acceptors (Lipinski definition) is 3. The third-order valence-electron chi connectivity index (χ3n) is 3.26. The molecule has 8 heteroatoms. The highest BCUT2D eigenvalue weighted by molar-refractivity contribution is 7.80. The molecule has 25 heavy (non-hydrogen) atoms. The second-order valence-corrected chi connectivity index (χ2v) is 5.58. The summed E-state index contributed by atoms with van der Waals surface area (Å²) in [7, 11) is 0. The summed E-state index contributed by atoms with van der Waals surface area (Å²) in [6.45, 7) is 0. The van der Waals surface area contributed by atoms with Gasteiger partial charge in [0.25, 0.3) is 0 Å². The number of rotatable bonds is 5. The van der Waals surface area contributed by atoms with Crippen LogP contribution in [-0.4, -0.2) is 17.1 Å². The Morgan fingerprint density at radius 1 is 0.960 bits per heavy atom. The molecular formula is C17H19N5O2S. The first-order valence-electron chi connectivity index (χ1n) is 7.56. The topological polar surface area (TPSA) is 108 Å². The fraction of sp³-hybridized carbons (Fsp3) is 0.118. The third kappa shape index (κ3) is 6.48. The Kier molecular flexibility index (Phi) is 6.73. The van der Waals surface area contributed by atoms with E-state index in [0.717, 1.165) is 11.3 Å². The van der Waals surface area contributed by atoms with Crippen LogP contribution in [0.2, 0.25) is 0 Å². The number of nitrogens with two attached hydrogens (primary N) is 1. The summed E-state index contributed by atoms with van der Waals surface area (Å²) >= 11 is 5.10. The molecule has 0 bridgehead atoms. The van der Waals surface area contributed by atoms with Gasteiger partial charge >= 0.3 is 6.03 Å². The quantitative estimate of drug-likeness (QED) is 0.414. The highest BCUT2D eigenvalue weighted by Gasteiger charge is 2.17. The third-order valence-corrected chi connectivity index (χ3v) is 3.46. The minimum absolute atomic E-state index is 0.00784. The second-order valence-electron chi connectivity index (χ2n) is 5.17. The van der Waals surface area contributed by atoms with Crippen molar-refractivity contribution in [1.82, 2.24) is 16.2 Å². The average molecular weight is 357 g/mol. The summed E-state index contributed by atoms with van der Waals surface area (Å²) in [6.07, 6.45) is 0.00784. The van der Waals surface area contributed by atoms with Crippen LogP contribution in [0.15, 0.2) is 60.7 Å². The van der Waals surface area contributed by atoms with Crippen molar-refractivity contribution in [3.63, 3.8) is 0 Å². The molecule has 0 aliphatic carbocycles. The van der Waals surface area contributed by atoms with Crippen LogP contribution < -0.4 is 27.2 Å². The van der Waals surface area contributed by atoms with Crippen molar-refractivity contribution >= 4 is 35.0 Å². The number of carbonyl (C=O) groups is 2. The molecule has 0 aromatic heterocycles. The van der Waals surface area contributed by atoms with Gasteiger partial charge in [-0.25, -0.2) is 4.79 Å². The molecule has 0 aliphatic rings. The van der Waals surface area contributed by atoms with Crippen molar-refractivity contribution in [2.45, 2.75) is 12.5 Å². The normalized spacial score (nSPS) is 11.0. The SMILES string of the molecule is NC(=O)NC(CC(=O)NNC(=S)Nc1ccccc1)c1ccccc1. The van der Waals surface area contributed by atoms with Gasteiger partial charge in [0, 0.05) is 5.69 Å². The molecule has 130 valence electrons. The van der Waals surface area contributed by atoms with Gasteiger partial charge in [0.05, 0.1) is 12.5 Å². The lowest BCUT2D eigenvalue weighted by molar-refractivity contribution is -0.122. The number of amides is 3. The van der Waals surface area contributed by atoms with E-state index in [0.29, 0.717) is 0 Å². The Hall–Kier alpha value is -3.13. The number of hydrazine groups is 1. The first-order valence-corrected chi connectivity index (χ1v) is 7.97. The van der Waals surface area contributed by atoms with Gasteiger partial charge in [-0.3, -0.25) is 15.6 Å². The van der Waals surface area contributed by atoms with Crippen molar-refractivity contribution in [3.8, 4) is 0 Å². The molecule has 0 heterocycles. The van der Waals surface area contributed by atoms with E-state index >= 15 is 0 Å². The first kappa shape index (κ1) is 18.2. The molecule has 0 saturated heterocycles. The fourth-order valence-electron chi connectivity index (χ4n) is 2.16. The Morgan fingerprint density at radius 3 is 2.16 bits per heavy atom. The molecule has 1 unspecified atom stereocenters. The minimum Gasteiger partial charge on any atom is -0.352 e. The maximum atomic E-state index is 12.1. The van der Waals surface area contributed by atoms with E-state index in [9.17, 15) is 9.59 Å². The highest BCUT2D eigenvalue weighted by Crippen LogP contribution is 2.16. The van der Waals surface area contributed by atoms with Crippen LogP contribution in [0.25, 0.3) is 0 Å². The molecule has 0 fully saturated rings. The van der Waals surface area contributed by atoms with E-state index in [4.69, 9.17) is 18.0 Å². The summed E-state index contributed by atoms with van der Waals surface area (Å²) < 4.78 is 0. The molecule has 0 aliphatic heterocycles. The van der Waals surface area contributed by atoms with E-state index in [1.54, 1.807) is 0 Å². The van der Waals surface area contributed by atoms with Crippen LogP contribution in [0, 0.1) is 0 Å². The summed E-state index contributed by atoms with van der Waals surface area (Å²) in [5, 5.41) is 5.74. The maximum Gasteiger partial charge on any atom is 0.312 e. The number of anilines is 1. The van der Waals surface area contributed by atoms with Crippen molar-refractivity contribution in [3.05, 3.63) is 66.2 Å². The molecule has 0 radical (unpaired) electrons. The number of urea groups is 1. The fourth-order valence-corrected chi connectivity index (χ4v) is 2.32. The second kappa shape index (κ2) is 9.24. The van der Waals surface area contributed by atoms with Crippen LogP contribution in [0.3, 0.4) is 0 Å². The van der Waals surface area contributed by atoms with Crippen LogP contribution in [0.4, 0.5) is 10.5 Å². The molecule has 3 amide bonds. The lowest BCUT2D eigenvalue weighted by atomic mass is 10.0. The summed E-state index contributed by atoms with van der Waals surface area (Å²) in [5.41, 5.74) is 11.9. The van der Waals surface area contributed by atoms with E-state index < -0.39 is 12.1 Å². The average Bonchev–Trinajstić information content (AvgIpc) is 2.61. The molecule has 1 atom stereocenters. The van der Waals surface area contributed by atoms with E-state index in [-0.39, 0.29) is 17.4 Å². The number of hydrogen-bond donors (Lipinski definition) is 5. The van der Waals surface area contributed by atoms with Crippen molar-refractivity contribution < 1.29 is 9.59 Å².